The number of esters is 1. The van der Waals surface area contributed by atoms with Crippen molar-refractivity contribution in [3.05, 3.63) is 43.8 Å². The quantitative estimate of drug-likeness (QED) is 0.417. The molecule has 1 amide bonds. The Hall–Kier alpha value is -4.09. The van der Waals surface area contributed by atoms with Crippen LogP contribution in [0.15, 0.2) is 29.1 Å². The molecule has 2 N–H and O–H groups in total. The summed E-state index contributed by atoms with van der Waals surface area (Å²) >= 11 is 0.982. The molecule has 160 valence electrons. The number of thiazole rings is 1. The number of hydrogen-bond acceptors (Lipinski definition) is 9. The molecule has 0 bridgehead atoms. The molecule has 0 atom stereocenters. The Kier molecular flexibility index (Phi) is 8.37. The van der Waals surface area contributed by atoms with Crippen LogP contribution in [-0.2, 0) is 20.9 Å². The van der Waals surface area contributed by atoms with Crippen molar-refractivity contribution in [2.75, 3.05) is 25.6 Å². The van der Waals surface area contributed by atoms with Gasteiger partial charge >= 0.3 is 5.97 Å². The fraction of sp³-hybridized carbons (Fsp3) is 0.250. The zero-order valence-corrected chi connectivity index (χ0v) is 17.6. The summed E-state index contributed by atoms with van der Waals surface area (Å²) < 4.78 is 11.6. The lowest BCUT2D eigenvalue weighted by Gasteiger charge is -2.06. The van der Waals surface area contributed by atoms with E-state index in [9.17, 15) is 19.6 Å². The van der Waals surface area contributed by atoms with Gasteiger partial charge in [0.05, 0.1) is 13.2 Å². The number of hydrogen-bond donors (Lipinski definition) is 2. The second-order valence-corrected chi connectivity index (χ2v) is 6.86. The third-order valence-corrected chi connectivity index (χ3v) is 5.02. The second kappa shape index (κ2) is 11.2. The van der Waals surface area contributed by atoms with Crippen molar-refractivity contribution in [3.8, 4) is 17.9 Å². The number of nitrogens with one attached hydrogen (secondary N) is 2. The summed E-state index contributed by atoms with van der Waals surface area (Å²) in [5.41, 5.74) is -0.0120. The third kappa shape index (κ3) is 5.95. The number of amides is 1. The van der Waals surface area contributed by atoms with Gasteiger partial charge in [0.15, 0.2) is 12.2 Å². The summed E-state index contributed by atoms with van der Waals surface area (Å²) in [6, 6.07) is 10.3. The van der Waals surface area contributed by atoms with Crippen LogP contribution in [-0.4, -0.2) is 36.7 Å². The highest BCUT2D eigenvalue weighted by atomic mass is 32.1. The van der Waals surface area contributed by atoms with E-state index in [0.29, 0.717) is 11.4 Å². The zero-order valence-electron chi connectivity index (χ0n) is 16.8. The van der Waals surface area contributed by atoms with Crippen molar-refractivity contribution < 1.29 is 19.1 Å². The predicted octanol–water partition coefficient (Wildman–Crippen LogP) is -0.354. The van der Waals surface area contributed by atoms with Crippen molar-refractivity contribution in [2.45, 2.75) is 13.5 Å². The van der Waals surface area contributed by atoms with Gasteiger partial charge in [-0.3, -0.25) is 14.2 Å². The molecule has 0 spiro atoms. The number of aromatic nitrogens is 1. The van der Waals surface area contributed by atoms with E-state index >= 15 is 0 Å². The molecule has 0 saturated heterocycles. The normalized spacial score (nSPS) is 11.7. The first kappa shape index (κ1) is 23.2. The van der Waals surface area contributed by atoms with Gasteiger partial charge < -0.3 is 20.1 Å². The lowest BCUT2D eigenvalue weighted by atomic mass is 10.3. The maximum Gasteiger partial charge on any atom is 0.343 e. The highest BCUT2D eigenvalue weighted by Gasteiger charge is 2.14. The Bertz CT molecular complexity index is 1230. The van der Waals surface area contributed by atoms with Crippen molar-refractivity contribution >= 4 is 40.7 Å². The SMILES string of the molecule is CCn1c(=O)/c(=C\Nc2cccc(OCC(=O)OC)c2)s/c1=C(/C#N)C(=O)NCC#N. The van der Waals surface area contributed by atoms with Crippen LogP contribution in [0.3, 0.4) is 0 Å². The largest absolute Gasteiger partial charge is 0.482 e. The minimum atomic E-state index is -0.720. The number of carbonyl (C=O) groups excluding carboxylic acids is 2. The molecule has 0 unspecified atom stereocenters. The summed E-state index contributed by atoms with van der Waals surface area (Å²) in [7, 11) is 1.26. The molecule has 0 aliphatic heterocycles. The number of methoxy groups -OCH3 is 1. The highest BCUT2D eigenvalue weighted by molar-refractivity contribution is 7.07. The molecule has 0 fully saturated rings. The number of anilines is 1. The van der Waals surface area contributed by atoms with E-state index in [2.05, 4.69) is 15.4 Å². The Balaban J connectivity index is 2.39. The van der Waals surface area contributed by atoms with Crippen molar-refractivity contribution in [2.24, 2.45) is 0 Å². The van der Waals surface area contributed by atoms with Crippen LogP contribution in [0, 0.1) is 22.7 Å². The molecular formula is C20H19N5O5S. The molecule has 0 aliphatic carbocycles. The smallest absolute Gasteiger partial charge is 0.343 e. The molecule has 0 radical (unpaired) electrons. The third-order valence-electron chi connectivity index (χ3n) is 3.89. The van der Waals surface area contributed by atoms with Crippen molar-refractivity contribution in [1.82, 2.24) is 9.88 Å². The lowest BCUT2D eigenvalue weighted by molar-refractivity contribution is -0.142. The predicted molar refractivity (Wildman–Crippen MR) is 113 cm³/mol. The van der Waals surface area contributed by atoms with Gasteiger partial charge in [0.2, 0.25) is 0 Å². The van der Waals surface area contributed by atoms with Gasteiger partial charge in [0.25, 0.3) is 11.5 Å². The number of ether oxygens (including phenoxy) is 2. The summed E-state index contributed by atoms with van der Waals surface area (Å²) in [6.07, 6.45) is 1.46. The van der Waals surface area contributed by atoms with Crippen LogP contribution in [0.5, 0.6) is 5.75 Å². The minimum Gasteiger partial charge on any atom is -0.482 e. The van der Waals surface area contributed by atoms with Crippen LogP contribution >= 0.6 is 11.3 Å². The fourth-order valence-corrected chi connectivity index (χ4v) is 3.51. The highest BCUT2D eigenvalue weighted by Crippen LogP contribution is 2.17. The van der Waals surface area contributed by atoms with Gasteiger partial charge in [-0.05, 0) is 19.1 Å². The maximum atomic E-state index is 12.7. The average Bonchev–Trinajstić information content (AvgIpc) is 3.10. The molecule has 1 aromatic carbocycles. The van der Waals surface area contributed by atoms with Gasteiger partial charge in [0.1, 0.15) is 27.6 Å². The molecule has 31 heavy (non-hydrogen) atoms. The summed E-state index contributed by atoms with van der Waals surface area (Å²) in [6.45, 7) is 1.49. The topological polar surface area (TPSA) is 146 Å². The van der Waals surface area contributed by atoms with E-state index in [1.807, 2.05) is 6.07 Å². The number of nitrogens with zero attached hydrogens (tertiary/aromatic N) is 3. The zero-order chi connectivity index (χ0) is 22.8. The number of rotatable bonds is 8. The minimum absolute atomic E-state index is 0.202. The first-order valence-electron chi connectivity index (χ1n) is 9.00. The fourth-order valence-electron chi connectivity index (χ4n) is 2.42. The Morgan fingerprint density at radius 3 is 2.74 bits per heavy atom. The van der Waals surface area contributed by atoms with Crippen LogP contribution in [0.2, 0.25) is 0 Å². The molecule has 0 aliphatic rings. The van der Waals surface area contributed by atoms with E-state index in [4.69, 9.17) is 10.00 Å². The van der Waals surface area contributed by atoms with E-state index in [-0.39, 0.29) is 40.0 Å². The van der Waals surface area contributed by atoms with Crippen LogP contribution in [0.1, 0.15) is 6.92 Å². The molecule has 2 rings (SSSR count). The van der Waals surface area contributed by atoms with Gasteiger partial charge in [-0.15, -0.1) is 11.3 Å². The first-order valence-corrected chi connectivity index (χ1v) is 9.82. The summed E-state index contributed by atoms with van der Waals surface area (Å²) in [5.74, 6) is -0.808. The number of benzene rings is 1. The van der Waals surface area contributed by atoms with Crippen LogP contribution in [0.4, 0.5) is 5.69 Å². The molecule has 11 heteroatoms. The molecule has 1 aromatic heterocycles. The molecule has 1 heterocycles. The van der Waals surface area contributed by atoms with Gasteiger partial charge in [-0.1, -0.05) is 6.07 Å². The Morgan fingerprint density at radius 1 is 1.32 bits per heavy atom. The first-order chi connectivity index (χ1) is 14.9. The number of carbonyl (C=O) groups is 2. The molecule has 0 saturated carbocycles. The average molecular weight is 441 g/mol. The van der Waals surface area contributed by atoms with E-state index in [1.165, 1.54) is 17.9 Å². The molecule has 2 aromatic rings. The van der Waals surface area contributed by atoms with E-state index in [1.54, 1.807) is 37.3 Å². The Labute approximate surface area is 181 Å². The molecular weight excluding hydrogens is 422 g/mol. The standard InChI is InChI=1S/C20H19N5O5S/c1-3-25-19(28)16(31-20(25)15(10-22)18(27)23-8-7-21)11-24-13-5-4-6-14(9-13)30-12-17(26)29-2/h4-6,9,11,24H,3,8,12H2,1-2H3,(H,23,27)/b16-11+,20-15-. The van der Waals surface area contributed by atoms with Gasteiger partial charge in [-0.2, -0.15) is 10.5 Å². The maximum absolute atomic E-state index is 12.7. The summed E-state index contributed by atoms with van der Waals surface area (Å²) in [5, 5.41) is 23.3. The monoisotopic (exact) mass is 441 g/mol. The number of nitriles is 2. The van der Waals surface area contributed by atoms with Crippen molar-refractivity contribution in [3.63, 3.8) is 0 Å². The molecule has 10 nitrogen and oxygen atoms in total. The van der Waals surface area contributed by atoms with Gasteiger partial charge in [0, 0.05) is 24.5 Å². The van der Waals surface area contributed by atoms with Gasteiger partial charge in [-0.25, -0.2) is 4.79 Å². The lowest BCUT2D eigenvalue weighted by Crippen LogP contribution is -2.34. The van der Waals surface area contributed by atoms with E-state index < -0.39 is 11.9 Å². The van der Waals surface area contributed by atoms with Crippen LogP contribution in [0.25, 0.3) is 11.8 Å². The second-order valence-electron chi connectivity index (χ2n) is 5.83. The van der Waals surface area contributed by atoms with Crippen LogP contribution < -0.4 is 30.1 Å². The Morgan fingerprint density at radius 2 is 2.10 bits per heavy atom. The van der Waals surface area contributed by atoms with E-state index in [0.717, 1.165) is 11.3 Å². The van der Waals surface area contributed by atoms with Crippen molar-refractivity contribution in [1.29, 1.82) is 10.5 Å². The summed E-state index contributed by atoms with van der Waals surface area (Å²) in [4.78, 5) is 36.1.